The predicted octanol–water partition coefficient (Wildman–Crippen LogP) is 20.6. The van der Waals surface area contributed by atoms with E-state index in [1.54, 1.807) is 0 Å². The molecule has 0 aromatic carbocycles. The van der Waals surface area contributed by atoms with Crippen LogP contribution < -0.4 is 0 Å². The van der Waals surface area contributed by atoms with Crippen LogP contribution in [0.2, 0.25) is 0 Å². The van der Waals surface area contributed by atoms with Gasteiger partial charge in [-0.05, 0) is 43.4 Å². The third-order valence-corrected chi connectivity index (χ3v) is 18.9. The molecule has 0 aromatic heterocycles. The number of carbonyl (C=O) groups is 4. The van der Waals surface area contributed by atoms with Gasteiger partial charge in [0.25, 0.3) is 0 Å². The zero-order valence-corrected chi connectivity index (χ0v) is 61.1. The second-order valence-electron chi connectivity index (χ2n) is 27.2. The third-order valence-electron chi connectivity index (χ3n) is 17.0. The maximum atomic E-state index is 13.0. The summed E-state index contributed by atoms with van der Waals surface area (Å²) in [6, 6.07) is 0. The number of hydrogen-bond acceptors (Lipinski definition) is 15. The zero-order valence-electron chi connectivity index (χ0n) is 59.3. The summed E-state index contributed by atoms with van der Waals surface area (Å²) >= 11 is 0. The molecule has 0 aliphatic carbocycles. The lowest BCUT2D eigenvalue weighted by Crippen LogP contribution is -2.30. The van der Waals surface area contributed by atoms with Gasteiger partial charge in [0, 0.05) is 25.7 Å². The summed E-state index contributed by atoms with van der Waals surface area (Å²) in [7, 11) is -9.89. The van der Waals surface area contributed by atoms with Crippen LogP contribution in [0.25, 0.3) is 0 Å². The highest BCUT2D eigenvalue weighted by atomic mass is 31.2. The van der Waals surface area contributed by atoms with Crippen LogP contribution in [0.5, 0.6) is 0 Å². The molecule has 19 heteroatoms. The molecule has 0 fully saturated rings. The minimum absolute atomic E-state index is 0.103. The molecule has 3 N–H and O–H groups in total. The van der Waals surface area contributed by atoms with Crippen molar-refractivity contribution >= 4 is 39.5 Å². The van der Waals surface area contributed by atoms with E-state index in [9.17, 15) is 43.2 Å². The molecule has 540 valence electrons. The fourth-order valence-electron chi connectivity index (χ4n) is 10.9. The van der Waals surface area contributed by atoms with Crippen molar-refractivity contribution in [2.75, 3.05) is 39.6 Å². The van der Waals surface area contributed by atoms with Gasteiger partial charge < -0.3 is 33.8 Å². The number of carbonyl (C=O) groups excluding carboxylic acids is 4. The van der Waals surface area contributed by atoms with Gasteiger partial charge in [-0.3, -0.25) is 37.3 Å². The highest BCUT2D eigenvalue weighted by Gasteiger charge is 2.30. The Hall–Kier alpha value is -1.94. The molecule has 0 saturated carbocycles. The normalized spacial score (nSPS) is 14.5. The Kier molecular flexibility index (Phi) is 61.5. The maximum Gasteiger partial charge on any atom is 0.472 e. The van der Waals surface area contributed by atoms with Gasteiger partial charge in [-0.1, -0.05) is 312 Å². The van der Waals surface area contributed by atoms with E-state index in [4.69, 9.17) is 37.0 Å². The van der Waals surface area contributed by atoms with Crippen LogP contribution in [0.1, 0.15) is 363 Å². The quantitative estimate of drug-likeness (QED) is 0.0222. The fourth-order valence-corrected chi connectivity index (χ4v) is 12.4. The van der Waals surface area contributed by atoms with Crippen LogP contribution in [-0.4, -0.2) is 96.7 Å². The van der Waals surface area contributed by atoms with E-state index < -0.39 is 97.5 Å². The molecule has 3 unspecified atom stereocenters. The molecular formula is C72H140O17P2. The Morgan fingerprint density at radius 2 is 0.560 bits per heavy atom. The average molecular weight is 1340 g/mol. The van der Waals surface area contributed by atoms with Gasteiger partial charge in [0.2, 0.25) is 0 Å². The standard InChI is InChI=1S/C72H140O17P2/c1-8-10-11-36-46-53-69(74)82-59-67(88-72(77)56-49-42-35-29-28-31-38-44-51-64(5)6)61-86-90(78,79)84-57-66(73)58-85-91(80,81)87-62-68(60-83-70(75)54-47-40-33-26-22-18-14-12-16-20-24-30-37-43-50-63(3)4)89-71(76)55-48-41-34-27-23-19-15-13-17-21-25-32-39-45-52-65(7)9-2/h63-68,73H,8-62H2,1-7H3,(H,78,79)(H,80,81)/t65?,66-,67+,68+/m0/s1. The first-order valence-corrected chi connectivity index (χ1v) is 40.4. The van der Waals surface area contributed by atoms with E-state index in [2.05, 4.69) is 48.5 Å². The molecule has 17 nitrogen and oxygen atoms in total. The SMILES string of the molecule is CCCCCCCC(=O)OC[C@H](COP(=O)(O)OC[C@H](O)COP(=O)(O)OC[C@@H](COC(=O)CCCCCCCCCCCCCCCCC(C)C)OC(=O)CCCCCCCCCCCCCCCCC(C)CC)OC(=O)CCCCCCCCCCC(C)C. The summed E-state index contributed by atoms with van der Waals surface area (Å²) in [4.78, 5) is 72.3. The topological polar surface area (TPSA) is 237 Å². The molecule has 6 atom stereocenters. The van der Waals surface area contributed by atoms with Crippen molar-refractivity contribution in [1.82, 2.24) is 0 Å². The number of unbranched alkanes of at least 4 members (excludes halogenated alkanes) is 37. The van der Waals surface area contributed by atoms with Crippen LogP contribution in [-0.2, 0) is 65.4 Å². The molecule has 0 aromatic rings. The minimum atomic E-state index is -4.95. The number of rotatable bonds is 70. The lowest BCUT2D eigenvalue weighted by molar-refractivity contribution is -0.161. The number of aliphatic hydroxyl groups is 1. The lowest BCUT2D eigenvalue weighted by Gasteiger charge is -2.21. The second kappa shape index (κ2) is 62.8. The first kappa shape index (κ1) is 89.1. The van der Waals surface area contributed by atoms with Gasteiger partial charge >= 0.3 is 39.5 Å². The van der Waals surface area contributed by atoms with Gasteiger partial charge in [0.05, 0.1) is 26.4 Å². The summed E-state index contributed by atoms with van der Waals surface area (Å²) in [5.41, 5.74) is 0. The first-order chi connectivity index (χ1) is 43.8. The number of esters is 4. The van der Waals surface area contributed by atoms with Crippen molar-refractivity contribution in [3.05, 3.63) is 0 Å². The van der Waals surface area contributed by atoms with E-state index >= 15 is 0 Å². The molecule has 0 rings (SSSR count). The molecule has 0 heterocycles. The molecule has 0 saturated heterocycles. The molecule has 0 radical (unpaired) electrons. The van der Waals surface area contributed by atoms with Crippen molar-refractivity contribution < 1.29 is 80.2 Å². The van der Waals surface area contributed by atoms with Gasteiger partial charge in [0.15, 0.2) is 12.2 Å². The zero-order chi connectivity index (χ0) is 67.3. The lowest BCUT2D eigenvalue weighted by atomic mass is 9.99. The fraction of sp³-hybridized carbons (Fsp3) is 0.944. The van der Waals surface area contributed by atoms with Crippen molar-refractivity contribution in [2.45, 2.75) is 381 Å². The van der Waals surface area contributed by atoms with Crippen molar-refractivity contribution in [2.24, 2.45) is 17.8 Å². The van der Waals surface area contributed by atoms with Gasteiger partial charge in [-0.25, -0.2) is 9.13 Å². The van der Waals surface area contributed by atoms with Crippen LogP contribution in [0.15, 0.2) is 0 Å². The predicted molar refractivity (Wildman–Crippen MR) is 368 cm³/mol. The molecule has 0 aliphatic heterocycles. The van der Waals surface area contributed by atoms with E-state index in [1.807, 2.05) is 0 Å². The van der Waals surface area contributed by atoms with Crippen LogP contribution in [0, 0.1) is 17.8 Å². The van der Waals surface area contributed by atoms with Gasteiger partial charge in [-0.15, -0.1) is 0 Å². The van der Waals surface area contributed by atoms with E-state index in [0.29, 0.717) is 25.7 Å². The van der Waals surface area contributed by atoms with Crippen LogP contribution in [0.3, 0.4) is 0 Å². The second-order valence-corrected chi connectivity index (χ2v) is 30.1. The molecule has 91 heavy (non-hydrogen) atoms. The third kappa shape index (κ3) is 65.1. The maximum absolute atomic E-state index is 13.0. The highest BCUT2D eigenvalue weighted by Crippen LogP contribution is 2.45. The monoisotopic (exact) mass is 1340 g/mol. The van der Waals surface area contributed by atoms with Crippen molar-refractivity contribution in [1.29, 1.82) is 0 Å². The summed E-state index contributed by atoms with van der Waals surface area (Å²) in [5, 5.41) is 10.6. The van der Waals surface area contributed by atoms with Crippen LogP contribution >= 0.6 is 15.6 Å². The smallest absolute Gasteiger partial charge is 0.462 e. The molecule has 0 aliphatic rings. The largest absolute Gasteiger partial charge is 0.472 e. The molecule has 0 bridgehead atoms. The Morgan fingerprint density at radius 1 is 0.319 bits per heavy atom. The highest BCUT2D eigenvalue weighted by molar-refractivity contribution is 7.47. The summed E-state index contributed by atoms with van der Waals surface area (Å²) < 4.78 is 68.1. The van der Waals surface area contributed by atoms with Gasteiger partial charge in [0.1, 0.15) is 19.3 Å². The Morgan fingerprint density at radius 3 is 0.835 bits per heavy atom. The molecular weight excluding hydrogens is 1200 g/mol. The summed E-state index contributed by atoms with van der Waals surface area (Å²) in [6.07, 6.45) is 47.6. The van der Waals surface area contributed by atoms with Crippen LogP contribution in [0.4, 0.5) is 0 Å². The number of ether oxygens (including phenoxy) is 4. The Labute approximate surface area is 556 Å². The van der Waals surface area contributed by atoms with E-state index in [-0.39, 0.29) is 25.7 Å². The summed E-state index contributed by atoms with van der Waals surface area (Å²) in [5.74, 6) is 0.228. The van der Waals surface area contributed by atoms with Crippen molar-refractivity contribution in [3.63, 3.8) is 0 Å². The number of aliphatic hydroxyl groups excluding tert-OH is 1. The van der Waals surface area contributed by atoms with Gasteiger partial charge in [-0.2, -0.15) is 0 Å². The van der Waals surface area contributed by atoms with E-state index in [1.165, 1.54) is 167 Å². The van der Waals surface area contributed by atoms with Crippen molar-refractivity contribution in [3.8, 4) is 0 Å². The Balaban J connectivity index is 5.16. The molecule has 0 spiro atoms. The first-order valence-electron chi connectivity index (χ1n) is 37.4. The minimum Gasteiger partial charge on any atom is -0.462 e. The number of phosphoric acid groups is 2. The number of hydrogen-bond donors (Lipinski definition) is 3. The van der Waals surface area contributed by atoms with E-state index in [0.717, 1.165) is 114 Å². The Bertz CT molecular complexity index is 1790. The molecule has 0 amide bonds. The average Bonchev–Trinajstić information content (AvgIpc) is 3.49. The summed E-state index contributed by atoms with van der Waals surface area (Å²) in [6.45, 7) is 11.8. The number of phosphoric ester groups is 2.